The molecule has 2 N–H and O–H groups in total. The van der Waals surface area contributed by atoms with Crippen molar-refractivity contribution in [3.8, 4) is 0 Å². The van der Waals surface area contributed by atoms with Crippen LogP contribution in [0.5, 0.6) is 0 Å². The van der Waals surface area contributed by atoms with Gasteiger partial charge in [0.2, 0.25) is 0 Å². The molecule has 0 amide bonds. The van der Waals surface area contributed by atoms with E-state index in [1.54, 1.807) is 12.4 Å². The van der Waals surface area contributed by atoms with Crippen molar-refractivity contribution in [3.05, 3.63) is 30.1 Å². The van der Waals surface area contributed by atoms with Crippen LogP contribution in [0.4, 0.5) is 0 Å². The second-order valence-corrected chi connectivity index (χ2v) is 3.47. The molecule has 0 aliphatic rings. The van der Waals surface area contributed by atoms with Crippen molar-refractivity contribution in [2.75, 3.05) is 0 Å². The van der Waals surface area contributed by atoms with Crippen molar-refractivity contribution < 1.29 is 9.90 Å². The summed E-state index contributed by atoms with van der Waals surface area (Å²) < 4.78 is 0. The number of aliphatic carboxylic acids is 1. The van der Waals surface area contributed by atoms with Gasteiger partial charge in [-0.3, -0.25) is 15.1 Å². The lowest BCUT2D eigenvalue weighted by Gasteiger charge is -2.18. The molecular weight excluding hydrogens is 192 g/mol. The minimum absolute atomic E-state index is 0.000231. The van der Waals surface area contributed by atoms with Gasteiger partial charge in [-0.15, -0.1) is 0 Å². The van der Waals surface area contributed by atoms with Gasteiger partial charge in [-0.25, -0.2) is 0 Å². The molecule has 1 aromatic heterocycles. The molecule has 82 valence electrons. The van der Waals surface area contributed by atoms with Gasteiger partial charge in [-0.1, -0.05) is 13.0 Å². The van der Waals surface area contributed by atoms with Crippen LogP contribution in [0.25, 0.3) is 0 Å². The van der Waals surface area contributed by atoms with Gasteiger partial charge in [0.1, 0.15) is 6.04 Å². The van der Waals surface area contributed by atoms with Crippen LogP contribution in [0.2, 0.25) is 0 Å². The molecule has 1 aromatic rings. The van der Waals surface area contributed by atoms with E-state index in [0.717, 1.165) is 5.56 Å². The number of nitrogens with zero attached hydrogens (tertiary/aromatic N) is 1. The van der Waals surface area contributed by atoms with Gasteiger partial charge in [0.15, 0.2) is 0 Å². The standard InChI is InChI=1S/C11H16N2O2/c1-3-10(11(14)15)13-8(2)9-5-4-6-12-7-9/h4-8,10,13H,3H2,1-2H3,(H,14,15)/t8-,10?/m0/s1. The average molecular weight is 208 g/mol. The Balaban J connectivity index is 2.62. The number of carboxylic acid groups (broad SMARTS) is 1. The largest absolute Gasteiger partial charge is 0.480 e. The van der Waals surface area contributed by atoms with Crippen molar-refractivity contribution in [3.63, 3.8) is 0 Å². The second-order valence-electron chi connectivity index (χ2n) is 3.47. The molecule has 0 aromatic carbocycles. The Morgan fingerprint density at radius 1 is 1.67 bits per heavy atom. The van der Waals surface area contributed by atoms with Crippen molar-refractivity contribution in [2.45, 2.75) is 32.4 Å². The van der Waals surface area contributed by atoms with Crippen LogP contribution in [-0.2, 0) is 4.79 Å². The second kappa shape index (κ2) is 5.46. The normalized spacial score (nSPS) is 14.5. The maximum atomic E-state index is 10.8. The van der Waals surface area contributed by atoms with Gasteiger partial charge in [-0.05, 0) is 25.0 Å². The first-order valence-electron chi connectivity index (χ1n) is 5.04. The Morgan fingerprint density at radius 2 is 2.40 bits per heavy atom. The Kier molecular flexibility index (Phi) is 4.24. The van der Waals surface area contributed by atoms with E-state index in [1.165, 1.54) is 0 Å². The van der Waals surface area contributed by atoms with Gasteiger partial charge in [0, 0.05) is 18.4 Å². The third-order valence-corrected chi connectivity index (χ3v) is 2.34. The van der Waals surface area contributed by atoms with Crippen LogP contribution >= 0.6 is 0 Å². The summed E-state index contributed by atoms with van der Waals surface area (Å²) in [5.41, 5.74) is 0.997. The molecule has 0 fully saturated rings. The molecular formula is C11H16N2O2. The average Bonchev–Trinajstić information content (AvgIpc) is 2.26. The molecule has 1 rings (SSSR count). The van der Waals surface area contributed by atoms with E-state index in [0.29, 0.717) is 6.42 Å². The number of hydrogen-bond acceptors (Lipinski definition) is 3. The van der Waals surface area contributed by atoms with E-state index < -0.39 is 12.0 Å². The summed E-state index contributed by atoms with van der Waals surface area (Å²) in [6, 6.07) is 3.27. The van der Waals surface area contributed by atoms with Crippen LogP contribution in [0.1, 0.15) is 31.9 Å². The molecule has 2 atom stereocenters. The summed E-state index contributed by atoms with van der Waals surface area (Å²) in [5.74, 6) is -0.812. The SMILES string of the molecule is CCC(N[C@@H](C)c1cccnc1)C(=O)O. The highest BCUT2D eigenvalue weighted by atomic mass is 16.4. The van der Waals surface area contributed by atoms with Gasteiger partial charge in [-0.2, -0.15) is 0 Å². The summed E-state index contributed by atoms with van der Waals surface area (Å²) >= 11 is 0. The Hall–Kier alpha value is -1.42. The quantitative estimate of drug-likeness (QED) is 0.771. The van der Waals surface area contributed by atoms with Crippen LogP contribution in [-0.4, -0.2) is 22.1 Å². The Morgan fingerprint density at radius 3 is 2.87 bits per heavy atom. The molecule has 4 heteroatoms. The van der Waals surface area contributed by atoms with Crippen molar-refractivity contribution in [1.82, 2.24) is 10.3 Å². The lowest BCUT2D eigenvalue weighted by molar-refractivity contribution is -0.139. The van der Waals surface area contributed by atoms with E-state index in [1.807, 2.05) is 26.0 Å². The number of carbonyl (C=O) groups is 1. The first-order chi connectivity index (χ1) is 7.15. The minimum Gasteiger partial charge on any atom is -0.480 e. The van der Waals surface area contributed by atoms with Crippen molar-refractivity contribution in [2.24, 2.45) is 0 Å². The molecule has 0 bridgehead atoms. The fourth-order valence-corrected chi connectivity index (χ4v) is 1.39. The van der Waals surface area contributed by atoms with Crippen molar-refractivity contribution >= 4 is 5.97 Å². The molecule has 0 spiro atoms. The highest BCUT2D eigenvalue weighted by Crippen LogP contribution is 2.11. The van der Waals surface area contributed by atoms with Gasteiger partial charge >= 0.3 is 5.97 Å². The molecule has 0 saturated carbocycles. The molecule has 0 radical (unpaired) electrons. The molecule has 0 aliphatic carbocycles. The number of hydrogen-bond donors (Lipinski definition) is 2. The number of rotatable bonds is 5. The zero-order valence-corrected chi connectivity index (χ0v) is 8.97. The maximum absolute atomic E-state index is 10.8. The third kappa shape index (κ3) is 3.32. The van der Waals surface area contributed by atoms with Gasteiger partial charge in [0.25, 0.3) is 0 Å². The van der Waals surface area contributed by atoms with Crippen LogP contribution in [0.3, 0.4) is 0 Å². The monoisotopic (exact) mass is 208 g/mol. The summed E-state index contributed by atoms with van der Waals surface area (Å²) in [4.78, 5) is 14.8. The van der Waals surface area contributed by atoms with E-state index >= 15 is 0 Å². The van der Waals surface area contributed by atoms with E-state index in [-0.39, 0.29) is 6.04 Å². The molecule has 15 heavy (non-hydrogen) atoms. The summed E-state index contributed by atoms with van der Waals surface area (Å²) in [5, 5.41) is 11.9. The highest BCUT2D eigenvalue weighted by Gasteiger charge is 2.17. The van der Waals surface area contributed by atoms with Gasteiger partial charge in [0.05, 0.1) is 0 Å². The first-order valence-corrected chi connectivity index (χ1v) is 5.04. The van der Waals surface area contributed by atoms with Gasteiger partial charge < -0.3 is 5.11 Å². The number of pyridine rings is 1. The Labute approximate surface area is 89.3 Å². The van der Waals surface area contributed by atoms with E-state index in [4.69, 9.17) is 5.11 Å². The molecule has 4 nitrogen and oxygen atoms in total. The summed E-state index contributed by atoms with van der Waals surface area (Å²) in [7, 11) is 0. The Bertz CT molecular complexity index is 314. The smallest absolute Gasteiger partial charge is 0.320 e. The van der Waals surface area contributed by atoms with E-state index in [9.17, 15) is 4.79 Å². The molecule has 0 aliphatic heterocycles. The van der Waals surface area contributed by atoms with Crippen molar-refractivity contribution in [1.29, 1.82) is 0 Å². The zero-order chi connectivity index (χ0) is 11.3. The predicted molar refractivity (Wildman–Crippen MR) is 57.5 cm³/mol. The van der Waals surface area contributed by atoms with E-state index in [2.05, 4.69) is 10.3 Å². The molecule has 1 unspecified atom stereocenters. The molecule has 1 heterocycles. The minimum atomic E-state index is -0.812. The van der Waals surface area contributed by atoms with Crippen LogP contribution in [0, 0.1) is 0 Å². The zero-order valence-electron chi connectivity index (χ0n) is 8.97. The number of nitrogens with one attached hydrogen (secondary N) is 1. The number of carboxylic acids is 1. The topological polar surface area (TPSA) is 62.2 Å². The lowest BCUT2D eigenvalue weighted by atomic mass is 10.1. The third-order valence-electron chi connectivity index (χ3n) is 2.34. The molecule has 0 saturated heterocycles. The summed E-state index contributed by atoms with van der Waals surface area (Å²) in [6.45, 7) is 3.78. The maximum Gasteiger partial charge on any atom is 0.320 e. The fraction of sp³-hybridized carbons (Fsp3) is 0.455. The first kappa shape index (κ1) is 11.7. The van der Waals surface area contributed by atoms with Crippen LogP contribution in [0.15, 0.2) is 24.5 Å². The number of aromatic nitrogens is 1. The fourth-order valence-electron chi connectivity index (χ4n) is 1.39. The highest BCUT2D eigenvalue weighted by molar-refractivity contribution is 5.73. The summed E-state index contributed by atoms with van der Waals surface area (Å²) in [6.07, 6.45) is 4.01. The predicted octanol–water partition coefficient (Wildman–Crippen LogP) is 1.60. The van der Waals surface area contributed by atoms with Crippen LogP contribution < -0.4 is 5.32 Å². The lowest BCUT2D eigenvalue weighted by Crippen LogP contribution is -2.37.